The van der Waals surface area contributed by atoms with Gasteiger partial charge in [-0.2, -0.15) is 12.7 Å². The molecular weight excluding hydrogens is 432 g/mol. The van der Waals surface area contributed by atoms with E-state index >= 15 is 0 Å². The van der Waals surface area contributed by atoms with Gasteiger partial charge in [-0.05, 0) is 35.9 Å². The number of phenolic OH excluding ortho intramolecular Hbond substituents is 1. The molecule has 0 bridgehead atoms. The highest BCUT2D eigenvalue weighted by Gasteiger charge is 2.25. The van der Waals surface area contributed by atoms with E-state index in [1.54, 1.807) is 30.4 Å². The summed E-state index contributed by atoms with van der Waals surface area (Å²) in [4.78, 5) is 4.31. The van der Waals surface area contributed by atoms with Gasteiger partial charge in [0.2, 0.25) is 0 Å². The molecular formula is C18H17BrN4O3S. The molecule has 3 aromatic rings. The lowest BCUT2D eigenvalue weighted by atomic mass is 10.2. The zero-order valence-corrected chi connectivity index (χ0v) is 17.0. The summed E-state index contributed by atoms with van der Waals surface area (Å²) in [6.07, 6.45) is 3.40. The summed E-state index contributed by atoms with van der Waals surface area (Å²) in [7, 11) is -1.10. The first-order valence-corrected chi connectivity index (χ1v) is 10.1. The third-order valence-corrected chi connectivity index (χ3v) is 5.86. The Balaban J connectivity index is 2.10. The highest BCUT2D eigenvalue weighted by atomic mass is 79.9. The van der Waals surface area contributed by atoms with Crippen molar-refractivity contribution in [1.29, 1.82) is 0 Å². The summed E-state index contributed by atoms with van der Waals surface area (Å²) in [5, 5.41) is 14.2. The molecule has 9 heteroatoms. The van der Waals surface area contributed by atoms with Gasteiger partial charge in [-0.1, -0.05) is 46.3 Å². The molecule has 0 radical (unpaired) electrons. The maximum atomic E-state index is 12.6. The molecule has 27 heavy (non-hydrogen) atoms. The quantitative estimate of drug-likeness (QED) is 0.646. The number of hydrogen-bond donors (Lipinski definition) is 1. The van der Waals surface area contributed by atoms with Crippen LogP contribution in [0.3, 0.4) is 0 Å². The van der Waals surface area contributed by atoms with Gasteiger partial charge in [0.25, 0.3) is 0 Å². The Bertz CT molecular complexity index is 1090. The van der Waals surface area contributed by atoms with E-state index in [-0.39, 0.29) is 23.0 Å². The minimum atomic E-state index is -3.91. The van der Waals surface area contributed by atoms with Crippen molar-refractivity contribution in [3.8, 4) is 17.1 Å². The topological polar surface area (TPSA) is 88.3 Å². The Morgan fingerprint density at radius 3 is 2.37 bits per heavy atom. The van der Waals surface area contributed by atoms with E-state index in [0.29, 0.717) is 0 Å². The molecule has 140 valence electrons. The van der Waals surface area contributed by atoms with E-state index < -0.39 is 10.2 Å². The zero-order valence-electron chi connectivity index (χ0n) is 14.6. The van der Waals surface area contributed by atoms with Crippen LogP contribution in [-0.2, 0) is 10.2 Å². The predicted octanol–water partition coefficient (Wildman–Crippen LogP) is 3.24. The van der Waals surface area contributed by atoms with Crippen molar-refractivity contribution < 1.29 is 13.5 Å². The number of nitrogens with zero attached hydrogens (tertiary/aromatic N) is 4. The molecule has 0 aliphatic heterocycles. The number of rotatable bonds is 5. The highest BCUT2D eigenvalue weighted by Crippen LogP contribution is 2.28. The molecule has 0 saturated heterocycles. The van der Waals surface area contributed by atoms with Crippen molar-refractivity contribution in [2.75, 3.05) is 14.1 Å². The van der Waals surface area contributed by atoms with E-state index in [9.17, 15) is 13.5 Å². The van der Waals surface area contributed by atoms with Gasteiger partial charge in [-0.25, -0.2) is 4.98 Å². The summed E-state index contributed by atoms with van der Waals surface area (Å²) >= 11 is 3.38. The number of para-hydroxylation sites is 1. The van der Waals surface area contributed by atoms with Crippen molar-refractivity contribution in [1.82, 2.24) is 18.5 Å². The molecule has 3 rings (SSSR count). The van der Waals surface area contributed by atoms with Crippen molar-refractivity contribution >= 4 is 38.3 Å². The van der Waals surface area contributed by atoms with Crippen molar-refractivity contribution in [2.45, 2.75) is 0 Å². The van der Waals surface area contributed by atoms with Crippen LogP contribution in [0.15, 0.2) is 53.0 Å². The highest BCUT2D eigenvalue weighted by molar-refractivity contribution is 9.10. The molecule has 0 aliphatic carbocycles. The molecule has 0 aliphatic rings. The maximum absolute atomic E-state index is 12.6. The van der Waals surface area contributed by atoms with Gasteiger partial charge in [0.1, 0.15) is 5.75 Å². The first-order valence-electron chi connectivity index (χ1n) is 7.91. The zero-order chi connectivity index (χ0) is 19.6. The second-order valence-corrected chi connectivity index (χ2v) is 8.72. The van der Waals surface area contributed by atoms with Gasteiger partial charge in [0, 0.05) is 18.6 Å². The average Bonchev–Trinajstić information content (AvgIpc) is 3.06. The maximum Gasteiger partial charge on any atom is 0.324 e. The van der Waals surface area contributed by atoms with E-state index in [1.165, 1.54) is 20.2 Å². The molecule has 0 fully saturated rings. The average molecular weight is 449 g/mol. The van der Waals surface area contributed by atoms with Crippen molar-refractivity contribution in [3.05, 3.63) is 64.4 Å². The predicted molar refractivity (Wildman–Crippen MR) is 108 cm³/mol. The Hall–Kier alpha value is -2.49. The molecule has 0 saturated carbocycles. The monoisotopic (exact) mass is 448 g/mol. The standard InChI is InChI=1S/C18H17BrN4O3S/c1-22(2)27(25,26)23-18(15-5-3-4-6-16(15)24)20-17(21-23)12-9-13-7-10-14(19)11-8-13/h3-12,24H,1-2H3/b12-9+. The van der Waals surface area contributed by atoms with Crippen LogP contribution in [-0.4, -0.2) is 46.1 Å². The van der Waals surface area contributed by atoms with Crippen LogP contribution in [0.4, 0.5) is 0 Å². The third kappa shape index (κ3) is 4.10. The van der Waals surface area contributed by atoms with Crippen LogP contribution in [0.25, 0.3) is 23.5 Å². The summed E-state index contributed by atoms with van der Waals surface area (Å²) < 4.78 is 28.1. The van der Waals surface area contributed by atoms with Gasteiger partial charge >= 0.3 is 10.2 Å². The van der Waals surface area contributed by atoms with E-state index in [4.69, 9.17) is 0 Å². The second kappa shape index (κ2) is 7.63. The minimum absolute atomic E-state index is 0.0391. The number of hydrogen-bond acceptors (Lipinski definition) is 5. The molecule has 0 amide bonds. The van der Waals surface area contributed by atoms with Gasteiger partial charge < -0.3 is 5.11 Å². The molecule has 1 heterocycles. The first kappa shape index (κ1) is 19.3. The largest absolute Gasteiger partial charge is 0.507 e. The van der Waals surface area contributed by atoms with Crippen LogP contribution < -0.4 is 0 Å². The van der Waals surface area contributed by atoms with Gasteiger partial charge in [0.05, 0.1) is 5.56 Å². The Morgan fingerprint density at radius 2 is 1.74 bits per heavy atom. The smallest absolute Gasteiger partial charge is 0.324 e. The normalized spacial score (nSPS) is 12.1. The lowest BCUT2D eigenvalue weighted by Crippen LogP contribution is -2.30. The second-order valence-electron chi connectivity index (χ2n) is 5.83. The minimum Gasteiger partial charge on any atom is -0.507 e. The molecule has 1 N–H and O–H groups in total. The van der Waals surface area contributed by atoms with Gasteiger partial charge in [-0.15, -0.1) is 9.19 Å². The Morgan fingerprint density at radius 1 is 1.07 bits per heavy atom. The molecule has 1 aromatic heterocycles. The number of aromatic hydroxyl groups is 1. The molecule has 0 unspecified atom stereocenters. The van der Waals surface area contributed by atoms with Crippen LogP contribution in [0.5, 0.6) is 5.75 Å². The van der Waals surface area contributed by atoms with E-state index in [2.05, 4.69) is 26.0 Å². The fraction of sp³-hybridized carbons (Fsp3) is 0.111. The molecule has 0 spiro atoms. The van der Waals surface area contributed by atoms with Crippen molar-refractivity contribution in [2.24, 2.45) is 0 Å². The summed E-state index contributed by atoms with van der Waals surface area (Å²) in [6, 6.07) is 14.0. The number of benzene rings is 2. The van der Waals surface area contributed by atoms with Crippen molar-refractivity contribution in [3.63, 3.8) is 0 Å². The fourth-order valence-corrected chi connectivity index (χ4v) is 3.39. The Kier molecular flexibility index (Phi) is 5.45. The fourth-order valence-electron chi connectivity index (χ4n) is 2.27. The summed E-state index contributed by atoms with van der Waals surface area (Å²) in [5.74, 6) is 0.169. The first-order chi connectivity index (χ1) is 12.8. The Labute approximate surface area is 165 Å². The SMILES string of the molecule is CN(C)S(=O)(=O)n1nc(/C=C/c2ccc(Br)cc2)nc1-c1ccccc1O. The molecule has 0 atom stereocenters. The van der Waals surface area contributed by atoms with Crippen LogP contribution >= 0.6 is 15.9 Å². The number of halogens is 1. The van der Waals surface area contributed by atoms with Crippen LogP contribution in [0.1, 0.15) is 11.4 Å². The van der Waals surface area contributed by atoms with Crippen LogP contribution in [0, 0.1) is 0 Å². The third-order valence-electron chi connectivity index (χ3n) is 3.71. The molecule has 7 nitrogen and oxygen atoms in total. The summed E-state index contributed by atoms with van der Waals surface area (Å²) in [6.45, 7) is 0. The lowest BCUT2D eigenvalue weighted by Gasteiger charge is -2.12. The number of phenols is 1. The van der Waals surface area contributed by atoms with E-state index in [0.717, 1.165) is 18.4 Å². The lowest BCUT2D eigenvalue weighted by molar-refractivity contribution is 0.476. The molecule has 2 aromatic carbocycles. The van der Waals surface area contributed by atoms with Gasteiger partial charge in [0.15, 0.2) is 11.6 Å². The van der Waals surface area contributed by atoms with E-state index in [1.807, 2.05) is 24.3 Å². The van der Waals surface area contributed by atoms with Crippen LogP contribution in [0.2, 0.25) is 0 Å². The van der Waals surface area contributed by atoms with Gasteiger partial charge in [-0.3, -0.25) is 0 Å². The number of aromatic nitrogens is 3. The summed E-state index contributed by atoms with van der Waals surface area (Å²) in [5.41, 5.74) is 1.19.